The molecule has 0 rings (SSSR count). The van der Waals surface area contributed by atoms with Crippen LogP contribution in [0, 0.1) is 0 Å². The van der Waals surface area contributed by atoms with Crippen molar-refractivity contribution in [2.24, 2.45) is 0 Å². The molecule has 0 N–H and O–H groups in total. The maximum Gasteiger partial charge on any atom is 0.306 e. The molecule has 0 aliphatic heterocycles. The van der Waals surface area contributed by atoms with Crippen LogP contribution >= 0.6 is 0 Å². The van der Waals surface area contributed by atoms with Gasteiger partial charge in [0.1, 0.15) is 13.2 Å². The summed E-state index contributed by atoms with van der Waals surface area (Å²) in [6.45, 7) is 6.66. The van der Waals surface area contributed by atoms with Crippen molar-refractivity contribution in [1.29, 1.82) is 0 Å². The Morgan fingerprint density at radius 3 is 0.817 bits per heavy atom. The Kier molecular flexibility index (Phi) is 58.2. The lowest BCUT2D eigenvalue weighted by molar-refractivity contribution is -0.167. The number of rotatable bonds is 58. The van der Waals surface area contributed by atoms with Crippen LogP contribution in [0.4, 0.5) is 0 Å². The lowest BCUT2D eigenvalue weighted by atomic mass is 10.0. The van der Waals surface area contributed by atoms with E-state index >= 15 is 0 Å². The van der Waals surface area contributed by atoms with Gasteiger partial charge in [0.15, 0.2) is 6.10 Å². The van der Waals surface area contributed by atoms with Crippen molar-refractivity contribution in [3.8, 4) is 0 Å². The Hall–Kier alpha value is -2.37. The largest absolute Gasteiger partial charge is 0.462 e. The number of carbonyl (C=O) groups is 3. The van der Waals surface area contributed by atoms with Gasteiger partial charge in [0.25, 0.3) is 0 Å². The van der Waals surface area contributed by atoms with E-state index in [0.717, 1.165) is 83.5 Å². The molecular formula is C65H120O6. The second kappa shape index (κ2) is 60.2. The van der Waals surface area contributed by atoms with E-state index in [0.29, 0.717) is 19.3 Å². The van der Waals surface area contributed by atoms with Crippen LogP contribution in [0.2, 0.25) is 0 Å². The summed E-state index contributed by atoms with van der Waals surface area (Å²) in [5.41, 5.74) is 0. The van der Waals surface area contributed by atoms with E-state index in [9.17, 15) is 14.4 Å². The molecule has 0 fully saturated rings. The summed E-state index contributed by atoms with van der Waals surface area (Å²) in [6.07, 6.45) is 72.8. The summed E-state index contributed by atoms with van der Waals surface area (Å²) in [5, 5.41) is 0. The number of hydrogen-bond donors (Lipinski definition) is 0. The van der Waals surface area contributed by atoms with Gasteiger partial charge < -0.3 is 14.2 Å². The van der Waals surface area contributed by atoms with E-state index in [2.05, 4.69) is 57.2 Å². The van der Waals surface area contributed by atoms with E-state index in [1.165, 1.54) is 218 Å². The molecule has 0 bridgehead atoms. The van der Waals surface area contributed by atoms with Crippen LogP contribution in [-0.4, -0.2) is 37.2 Å². The third kappa shape index (κ3) is 58.4. The fraction of sp³-hybridized carbons (Fsp3) is 0.862. The zero-order valence-corrected chi connectivity index (χ0v) is 47.8. The van der Waals surface area contributed by atoms with Gasteiger partial charge >= 0.3 is 17.9 Å². The van der Waals surface area contributed by atoms with Gasteiger partial charge in [-0.15, -0.1) is 0 Å². The Bertz CT molecular complexity index is 1190. The normalized spacial score (nSPS) is 12.2. The van der Waals surface area contributed by atoms with Crippen LogP contribution in [0.5, 0.6) is 0 Å². The van der Waals surface area contributed by atoms with Crippen LogP contribution in [0.25, 0.3) is 0 Å². The first-order valence-corrected chi connectivity index (χ1v) is 31.5. The zero-order chi connectivity index (χ0) is 51.4. The van der Waals surface area contributed by atoms with Crippen molar-refractivity contribution in [3.05, 3.63) is 36.5 Å². The fourth-order valence-corrected chi connectivity index (χ4v) is 9.35. The van der Waals surface area contributed by atoms with Gasteiger partial charge in [0.2, 0.25) is 0 Å². The van der Waals surface area contributed by atoms with Crippen LogP contribution in [-0.2, 0) is 28.6 Å². The molecule has 0 radical (unpaired) electrons. The standard InChI is InChI=1S/C65H120O6/c1-4-7-10-13-16-19-22-25-28-30-31-32-33-35-38-40-43-46-49-52-55-58-64(67)70-61-62(71-65(68)59-56-53-50-47-44-41-36-27-24-21-18-15-12-9-6-3)60-69-63(66)57-54-51-48-45-42-39-37-34-29-26-23-20-17-14-11-8-5-2/h18,21,25,27-28,36,62H,4-17,19-20,22-24,26,29-35,37-61H2,1-3H3/b21-18-,28-25-,36-27-/t62-/m0/s1. The van der Waals surface area contributed by atoms with Crippen molar-refractivity contribution in [2.45, 2.75) is 348 Å². The molecule has 0 aromatic rings. The predicted octanol–water partition coefficient (Wildman–Crippen LogP) is 21.2. The molecule has 0 unspecified atom stereocenters. The topological polar surface area (TPSA) is 78.9 Å². The van der Waals surface area contributed by atoms with Crippen molar-refractivity contribution in [3.63, 3.8) is 0 Å². The number of hydrogen-bond acceptors (Lipinski definition) is 6. The molecule has 6 heteroatoms. The summed E-state index contributed by atoms with van der Waals surface area (Å²) >= 11 is 0. The maximum absolute atomic E-state index is 12.9. The first-order valence-electron chi connectivity index (χ1n) is 31.5. The monoisotopic (exact) mass is 997 g/mol. The summed E-state index contributed by atoms with van der Waals surface area (Å²) in [6, 6.07) is 0. The molecule has 0 amide bonds. The molecule has 0 saturated heterocycles. The molecule has 71 heavy (non-hydrogen) atoms. The van der Waals surface area contributed by atoms with Crippen LogP contribution < -0.4 is 0 Å². The summed E-state index contributed by atoms with van der Waals surface area (Å²) < 4.78 is 16.9. The van der Waals surface area contributed by atoms with Gasteiger partial charge in [-0.1, -0.05) is 282 Å². The van der Waals surface area contributed by atoms with E-state index in [-0.39, 0.29) is 31.1 Å². The molecule has 1 atom stereocenters. The van der Waals surface area contributed by atoms with Gasteiger partial charge in [-0.2, -0.15) is 0 Å². The Morgan fingerprint density at radius 1 is 0.282 bits per heavy atom. The minimum Gasteiger partial charge on any atom is -0.462 e. The highest BCUT2D eigenvalue weighted by Crippen LogP contribution is 2.17. The highest BCUT2D eigenvalue weighted by Gasteiger charge is 2.19. The SMILES string of the molecule is CCCCC/C=C\C/C=C\CCCCCCCC(=O)O[C@H](COC(=O)CCCCCCCCCCCCC/C=C\CCCCCCCC)COC(=O)CCCCCCCCCCCCCCCCCCC. The molecule has 0 aliphatic carbocycles. The molecule has 0 aromatic carbocycles. The van der Waals surface area contributed by atoms with Crippen LogP contribution in [0.1, 0.15) is 342 Å². The maximum atomic E-state index is 12.9. The summed E-state index contributed by atoms with van der Waals surface area (Å²) in [4.78, 5) is 38.3. The van der Waals surface area contributed by atoms with Gasteiger partial charge in [-0.25, -0.2) is 0 Å². The number of ether oxygens (including phenoxy) is 3. The van der Waals surface area contributed by atoms with Crippen molar-refractivity contribution in [2.75, 3.05) is 13.2 Å². The second-order valence-electron chi connectivity index (χ2n) is 21.3. The molecule has 0 aromatic heterocycles. The lowest BCUT2D eigenvalue weighted by Crippen LogP contribution is -2.30. The van der Waals surface area contributed by atoms with E-state index in [4.69, 9.17) is 14.2 Å². The van der Waals surface area contributed by atoms with Crippen molar-refractivity contribution >= 4 is 17.9 Å². The van der Waals surface area contributed by atoms with Crippen molar-refractivity contribution < 1.29 is 28.6 Å². The average Bonchev–Trinajstić information content (AvgIpc) is 3.37. The number of carbonyl (C=O) groups excluding carboxylic acids is 3. The molecule has 0 spiro atoms. The molecular weight excluding hydrogens is 877 g/mol. The van der Waals surface area contributed by atoms with E-state index < -0.39 is 6.10 Å². The Labute approximate surface area is 442 Å². The number of esters is 3. The molecule has 416 valence electrons. The first kappa shape index (κ1) is 68.6. The lowest BCUT2D eigenvalue weighted by Gasteiger charge is -2.18. The molecule has 0 saturated carbocycles. The first-order chi connectivity index (χ1) is 35.0. The molecule has 0 aliphatic rings. The number of allylic oxidation sites excluding steroid dienone is 6. The highest BCUT2D eigenvalue weighted by atomic mass is 16.6. The zero-order valence-electron chi connectivity index (χ0n) is 47.8. The van der Waals surface area contributed by atoms with Gasteiger partial charge in [-0.3, -0.25) is 14.4 Å². The van der Waals surface area contributed by atoms with Crippen LogP contribution in [0.15, 0.2) is 36.5 Å². The number of unbranched alkanes of at least 4 members (excludes halogenated alkanes) is 41. The van der Waals surface area contributed by atoms with Crippen molar-refractivity contribution in [1.82, 2.24) is 0 Å². The predicted molar refractivity (Wildman–Crippen MR) is 307 cm³/mol. The third-order valence-corrected chi connectivity index (χ3v) is 14.1. The summed E-state index contributed by atoms with van der Waals surface area (Å²) in [7, 11) is 0. The van der Waals surface area contributed by atoms with Gasteiger partial charge in [-0.05, 0) is 77.0 Å². The van der Waals surface area contributed by atoms with Crippen LogP contribution in [0.3, 0.4) is 0 Å². The summed E-state index contributed by atoms with van der Waals surface area (Å²) in [5.74, 6) is -0.866. The smallest absolute Gasteiger partial charge is 0.306 e. The Morgan fingerprint density at radius 2 is 0.507 bits per heavy atom. The minimum absolute atomic E-state index is 0.0737. The van der Waals surface area contributed by atoms with E-state index in [1.807, 2.05) is 0 Å². The quantitative estimate of drug-likeness (QED) is 0.0261. The second-order valence-corrected chi connectivity index (χ2v) is 21.3. The van der Waals surface area contributed by atoms with Gasteiger partial charge in [0, 0.05) is 19.3 Å². The average molecular weight is 998 g/mol. The molecule has 0 heterocycles. The Balaban J connectivity index is 4.31. The third-order valence-electron chi connectivity index (χ3n) is 14.1. The fourth-order valence-electron chi connectivity index (χ4n) is 9.35. The highest BCUT2D eigenvalue weighted by molar-refractivity contribution is 5.71. The molecule has 6 nitrogen and oxygen atoms in total. The minimum atomic E-state index is -0.777. The van der Waals surface area contributed by atoms with E-state index in [1.54, 1.807) is 0 Å². The van der Waals surface area contributed by atoms with Gasteiger partial charge in [0.05, 0.1) is 0 Å².